The van der Waals surface area contributed by atoms with Gasteiger partial charge < -0.3 is 5.32 Å². The molecule has 0 bridgehead atoms. The number of pyridine rings is 1. The maximum atomic E-state index is 11.7. The van der Waals surface area contributed by atoms with Crippen molar-refractivity contribution in [3.05, 3.63) is 51.2 Å². The van der Waals surface area contributed by atoms with Gasteiger partial charge in [-0.3, -0.25) is 4.79 Å². The highest BCUT2D eigenvalue weighted by molar-refractivity contribution is 14.1. The fourth-order valence-electron chi connectivity index (χ4n) is 1.32. The second kappa shape index (κ2) is 7.12. The van der Waals surface area contributed by atoms with Crippen LogP contribution in [0.3, 0.4) is 0 Å². The second-order valence-electron chi connectivity index (χ2n) is 3.66. The van der Waals surface area contributed by atoms with Crippen molar-refractivity contribution in [2.45, 2.75) is 5.03 Å². The molecular formula is C13H10ClIN2OS. The smallest absolute Gasteiger partial charge is 0.234 e. The molecule has 0 radical (unpaired) electrons. The van der Waals surface area contributed by atoms with Gasteiger partial charge in [0.25, 0.3) is 0 Å². The van der Waals surface area contributed by atoms with Crippen LogP contribution in [0.2, 0.25) is 5.02 Å². The minimum absolute atomic E-state index is 0.0528. The van der Waals surface area contributed by atoms with E-state index < -0.39 is 0 Å². The number of anilines is 1. The summed E-state index contributed by atoms with van der Waals surface area (Å²) in [6.07, 6.45) is 1.57. The largest absolute Gasteiger partial charge is 0.325 e. The minimum atomic E-state index is -0.0528. The Balaban J connectivity index is 1.84. The summed E-state index contributed by atoms with van der Waals surface area (Å²) >= 11 is 9.34. The third kappa shape index (κ3) is 5.00. The molecule has 3 nitrogen and oxygen atoms in total. The number of hydrogen-bond donors (Lipinski definition) is 1. The monoisotopic (exact) mass is 404 g/mol. The number of nitrogens with one attached hydrogen (secondary N) is 1. The Morgan fingerprint density at radius 3 is 2.63 bits per heavy atom. The molecule has 1 aromatic carbocycles. The number of benzene rings is 1. The van der Waals surface area contributed by atoms with Crippen molar-refractivity contribution in [3.63, 3.8) is 0 Å². The average Bonchev–Trinajstić information content (AvgIpc) is 2.41. The highest BCUT2D eigenvalue weighted by atomic mass is 127. The summed E-state index contributed by atoms with van der Waals surface area (Å²) in [4.78, 5) is 15.9. The van der Waals surface area contributed by atoms with Crippen LogP contribution in [0, 0.1) is 3.57 Å². The molecule has 1 aromatic heterocycles. The molecule has 0 atom stereocenters. The first-order chi connectivity index (χ1) is 9.13. The van der Waals surface area contributed by atoms with E-state index in [0.717, 1.165) is 14.3 Å². The SMILES string of the molecule is O=C(CSc1ccc(Cl)cn1)Nc1ccc(I)cc1. The maximum absolute atomic E-state index is 11.7. The average molecular weight is 405 g/mol. The van der Waals surface area contributed by atoms with E-state index in [1.165, 1.54) is 11.8 Å². The van der Waals surface area contributed by atoms with Crippen molar-refractivity contribution in [2.24, 2.45) is 0 Å². The van der Waals surface area contributed by atoms with E-state index >= 15 is 0 Å². The van der Waals surface area contributed by atoms with Gasteiger partial charge >= 0.3 is 0 Å². The van der Waals surface area contributed by atoms with Gasteiger partial charge in [0, 0.05) is 15.5 Å². The van der Waals surface area contributed by atoms with Gasteiger partial charge in [-0.25, -0.2) is 4.98 Å². The molecule has 0 unspecified atom stereocenters. The van der Waals surface area contributed by atoms with Crippen molar-refractivity contribution in [3.8, 4) is 0 Å². The molecule has 1 N–H and O–H groups in total. The molecule has 19 heavy (non-hydrogen) atoms. The minimum Gasteiger partial charge on any atom is -0.325 e. The summed E-state index contributed by atoms with van der Waals surface area (Å²) in [5.74, 6) is 0.267. The van der Waals surface area contributed by atoms with Crippen LogP contribution in [0.4, 0.5) is 5.69 Å². The number of amides is 1. The van der Waals surface area contributed by atoms with E-state index in [-0.39, 0.29) is 5.91 Å². The fraction of sp³-hybridized carbons (Fsp3) is 0.0769. The number of rotatable bonds is 4. The zero-order valence-corrected chi connectivity index (χ0v) is 13.5. The lowest BCUT2D eigenvalue weighted by Crippen LogP contribution is -2.13. The molecule has 6 heteroatoms. The molecular weight excluding hydrogens is 395 g/mol. The topological polar surface area (TPSA) is 42.0 Å². The van der Waals surface area contributed by atoms with Gasteiger partial charge in [0.15, 0.2) is 0 Å². The molecule has 0 spiro atoms. The summed E-state index contributed by atoms with van der Waals surface area (Å²) in [6, 6.07) is 11.2. The maximum Gasteiger partial charge on any atom is 0.234 e. The normalized spacial score (nSPS) is 10.2. The van der Waals surface area contributed by atoms with Crippen LogP contribution in [0.25, 0.3) is 0 Å². The molecule has 0 aliphatic carbocycles. The van der Waals surface area contributed by atoms with Crippen molar-refractivity contribution in [1.82, 2.24) is 4.98 Å². The summed E-state index contributed by atoms with van der Waals surface area (Å²) in [7, 11) is 0. The van der Waals surface area contributed by atoms with Gasteiger partial charge in [0.1, 0.15) is 0 Å². The van der Waals surface area contributed by atoms with Gasteiger partial charge in [0.2, 0.25) is 5.91 Å². The number of carbonyl (C=O) groups is 1. The summed E-state index contributed by atoms with van der Waals surface area (Å²) in [6.45, 7) is 0. The zero-order chi connectivity index (χ0) is 13.7. The molecule has 0 fully saturated rings. The van der Waals surface area contributed by atoms with Gasteiger partial charge in [-0.1, -0.05) is 23.4 Å². The molecule has 0 aliphatic rings. The van der Waals surface area contributed by atoms with Crippen LogP contribution in [0.15, 0.2) is 47.6 Å². The highest BCUT2D eigenvalue weighted by Crippen LogP contribution is 2.18. The zero-order valence-electron chi connectivity index (χ0n) is 9.77. The first-order valence-corrected chi connectivity index (χ1v) is 7.87. The third-order valence-electron chi connectivity index (χ3n) is 2.18. The van der Waals surface area contributed by atoms with Crippen molar-refractivity contribution in [1.29, 1.82) is 0 Å². The molecule has 0 saturated carbocycles. The Morgan fingerprint density at radius 2 is 2.00 bits per heavy atom. The van der Waals surface area contributed by atoms with E-state index in [1.54, 1.807) is 18.3 Å². The Morgan fingerprint density at radius 1 is 1.26 bits per heavy atom. The van der Waals surface area contributed by atoms with E-state index in [9.17, 15) is 4.79 Å². The lowest BCUT2D eigenvalue weighted by atomic mass is 10.3. The van der Waals surface area contributed by atoms with Gasteiger partial charge in [-0.05, 0) is 59.0 Å². The standard InChI is InChI=1S/C13H10ClIN2OS/c14-9-1-6-13(16-7-9)19-8-12(18)17-11-4-2-10(15)3-5-11/h1-7H,8H2,(H,17,18). The Hall–Kier alpha value is -0.790. The first-order valence-electron chi connectivity index (χ1n) is 5.43. The second-order valence-corrected chi connectivity index (χ2v) is 6.34. The number of thioether (sulfide) groups is 1. The molecule has 0 aliphatic heterocycles. The Bertz CT molecular complexity index is 560. The summed E-state index contributed by atoms with van der Waals surface area (Å²) in [5.41, 5.74) is 0.801. The number of nitrogens with zero attached hydrogens (tertiary/aromatic N) is 1. The number of halogens is 2. The number of hydrogen-bond acceptors (Lipinski definition) is 3. The third-order valence-corrected chi connectivity index (χ3v) is 4.07. The van der Waals surface area contributed by atoms with E-state index in [1.807, 2.05) is 24.3 Å². The number of aromatic nitrogens is 1. The molecule has 2 rings (SSSR count). The first kappa shape index (κ1) is 14.6. The molecule has 1 heterocycles. The molecule has 2 aromatic rings. The quantitative estimate of drug-likeness (QED) is 0.617. The van der Waals surface area contributed by atoms with Crippen LogP contribution in [-0.2, 0) is 4.79 Å². The Kier molecular flexibility index (Phi) is 5.47. The molecule has 1 amide bonds. The Labute approximate surface area is 134 Å². The molecule has 0 saturated heterocycles. The van der Waals surface area contributed by atoms with Crippen LogP contribution in [-0.4, -0.2) is 16.6 Å². The van der Waals surface area contributed by atoms with Gasteiger partial charge in [-0.2, -0.15) is 0 Å². The fourth-order valence-corrected chi connectivity index (χ4v) is 2.43. The van der Waals surface area contributed by atoms with E-state index in [2.05, 4.69) is 32.9 Å². The highest BCUT2D eigenvalue weighted by Gasteiger charge is 2.04. The summed E-state index contributed by atoms with van der Waals surface area (Å²) < 4.78 is 1.13. The number of carbonyl (C=O) groups excluding carboxylic acids is 1. The van der Waals surface area contributed by atoms with Crippen LogP contribution in [0.5, 0.6) is 0 Å². The van der Waals surface area contributed by atoms with Crippen LogP contribution < -0.4 is 5.32 Å². The van der Waals surface area contributed by atoms with Gasteiger partial charge in [-0.15, -0.1) is 0 Å². The summed E-state index contributed by atoms with van der Waals surface area (Å²) in [5, 5.41) is 4.20. The van der Waals surface area contributed by atoms with Crippen molar-refractivity contribution < 1.29 is 4.79 Å². The van der Waals surface area contributed by atoms with Crippen LogP contribution >= 0.6 is 46.0 Å². The van der Waals surface area contributed by atoms with E-state index in [4.69, 9.17) is 11.6 Å². The van der Waals surface area contributed by atoms with Crippen LogP contribution in [0.1, 0.15) is 0 Å². The lowest BCUT2D eigenvalue weighted by Gasteiger charge is -2.05. The molecule has 98 valence electrons. The lowest BCUT2D eigenvalue weighted by molar-refractivity contribution is -0.113. The van der Waals surface area contributed by atoms with Crippen molar-refractivity contribution >= 4 is 57.5 Å². The van der Waals surface area contributed by atoms with Crippen molar-refractivity contribution in [2.75, 3.05) is 11.1 Å². The predicted molar refractivity (Wildman–Crippen MR) is 87.8 cm³/mol. The van der Waals surface area contributed by atoms with E-state index in [0.29, 0.717) is 10.8 Å². The predicted octanol–water partition coefficient (Wildman–Crippen LogP) is 4.07. The van der Waals surface area contributed by atoms with Gasteiger partial charge in [0.05, 0.1) is 15.8 Å².